The predicted molar refractivity (Wildman–Crippen MR) is 42.3 cm³/mol. The third kappa shape index (κ3) is 1.50. The van der Waals surface area contributed by atoms with Crippen molar-refractivity contribution in [2.75, 3.05) is 0 Å². The van der Waals surface area contributed by atoms with Gasteiger partial charge in [-0.1, -0.05) is 13.8 Å². The predicted octanol–water partition coefficient (Wildman–Crippen LogP) is 1.72. The van der Waals surface area contributed by atoms with E-state index in [9.17, 15) is 9.59 Å². The Kier molecular flexibility index (Phi) is 2.12. The van der Waals surface area contributed by atoms with E-state index in [1.807, 2.05) is 13.8 Å². The van der Waals surface area contributed by atoms with Crippen molar-refractivity contribution in [3.8, 4) is 0 Å². The molecule has 0 amide bonds. The number of ketones is 2. The van der Waals surface area contributed by atoms with Crippen LogP contribution in [0.5, 0.6) is 0 Å². The first kappa shape index (κ1) is 8.44. The molecule has 62 valence electrons. The average Bonchev–Trinajstić information content (AvgIpc) is 1.98. The molecule has 0 aromatic heterocycles. The van der Waals surface area contributed by atoms with Gasteiger partial charge in [-0.25, -0.2) is 0 Å². The van der Waals surface area contributed by atoms with Crippen LogP contribution in [0, 0.1) is 5.41 Å². The van der Waals surface area contributed by atoms with E-state index in [4.69, 9.17) is 0 Å². The van der Waals surface area contributed by atoms with Gasteiger partial charge in [0.1, 0.15) is 11.6 Å². The number of rotatable bonds is 1. The number of Topliss-reactive ketones (excluding diaryl/α,β-unsaturated/α-hetero) is 2. The van der Waals surface area contributed by atoms with Crippen molar-refractivity contribution in [2.24, 2.45) is 5.41 Å². The van der Waals surface area contributed by atoms with Gasteiger partial charge in [-0.2, -0.15) is 0 Å². The van der Waals surface area contributed by atoms with Crippen LogP contribution < -0.4 is 0 Å². The largest absolute Gasteiger partial charge is 0.300 e. The first-order valence-electron chi connectivity index (χ1n) is 4.13. The van der Waals surface area contributed by atoms with Crippen molar-refractivity contribution >= 4 is 11.6 Å². The monoisotopic (exact) mass is 154 g/mol. The third-order valence-corrected chi connectivity index (χ3v) is 2.67. The van der Waals surface area contributed by atoms with Crippen molar-refractivity contribution in [2.45, 2.75) is 39.5 Å². The minimum atomic E-state index is -0.338. The molecule has 0 bridgehead atoms. The lowest BCUT2D eigenvalue weighted by Crippen LogP contribution is -2.34. The maximum Gasteiger partial charge on any atom is 0.139 e. The molecule has 0 aliphatic heterocycles. The average molecular weight is 154 g/mol. The molecule has 0 aromatic rings. The zero-order chi connectivity index (χ0) is 8.48. The second-order valence-electron chi connectivity index (χ2n) is 3.55. The second kappa shape index (κ2) is 2.76. The van der Waals surface area contributed by atoms with Gasteiger partial charge in [-0.05, 0) is 6.42 Å². The second-order valence-corrected chi connectivity index (χ2v) is 3.55. The quantitative estimate of drug-likeness (QED) is 0.576. The fraction of sp³-hybridized carbons (Fsp3) is 0.778. The van der Waals surface area contributed by atoms with Gasteiger partial charge in [0.25, 0.3) is 0 Å². The molecule has 1 atom stereocenters. The molecule has 0 heterocycles. The van der Waals surface area contributed by atoms with E-state index in [0.717, 1.165) is 6.42 Å². The van der Waals surface area contributed by atoms with Crippen molar-refractivity contribution < 1.29 is 9.59 Å². The lowest BCUT2D eigenvalue weighted by molar-refractivity contribution is -0.138. The smallest absolute Gasteiger partial charge is 0.139 e. The topological polar surface area (TPSA) is 34.1 Å². The minimum Gasteiger partial charge on any atom is -0.300 e. The van der Waals surface area contributed by atoms with E-state index in [1.165, 1.54) is 0 Å². The Morgan fingerprint density at radius 1 is 1.36 bits per heavy atom. The molecule has 2 nitrogen and oxygen atoms in total. The zero-order valence-electron chi connectivity index (χ0n) is 7.14. The Morgan fingerprint density at radius 3 is 2.45 bits per heavy atom. The number of hydrogen-bond donors (Lipinski definition) is 0. The summed E-state index contributed by atoms with van der Waals surface area (Å²) in [5.74, 6) is 0.508. The summed E-state index contributed by atoms with van der Waals surface area (Å²) in [6.45, 7) is 3.86. The molecular weight excluding hydrogens is 140 g/mol. The van der Waals surface area contributed by atoms with E-state index in [-0.39, 0.29) is 17.0 Å². The van der Waals surface area contributed by atoms with Crippen molar-refractivity contribution in [1.82, 2.24) is 0 Å². The highest BCUT2D eigenvalue weighted by molar-refractivity contribution is 5.96. The van der Waals surface area contributed by atoms with Gasteiger partial charge in [0.2, 0.25) is 0 Å². The number of carbonyl (C=O) groups is 2. The van der Waals surface area contributed by atoms with Gasteiger partial charge in [-0.3, -0.25) is 9.59 Å². The van der Waals surface area contributed by atoms with Crippen molar-refractivity contribution in [3.05, 3.63) is 0 Å². The Hall–Kier alpha value is -0.660. The highest BCUT2D eigenvalue weighted by atomic mass is 16.1. The van der Waals surface area contributed by atoms with Crippen LogP contribution in [0.2, 0.25) is 0 Å². The van der Waals surface area contributed by atoms with E-state index in [1.54, 1.807) is 0 Å². The highest BCUT2D eigenvalue weighted by Crippen LogP contribution is 2.33. The lowest BCUT2D eigenvalue weighted by Gasteiger charge is -2.29. The van der Waals surface area contributed by atoms with Crippen LogP contribution in [-0.2, 0) is 9.59 Å². The molecule has 0 spiro atoms. The Balaban J connectivity index is 2.76. The zero-order valence-corrected chi connectivity index (χ0v) is 7.14. The van der Waals surface area contributed by atoms with Crippen LogP contribution in [0.15, 0.2) is 0 Å². The molecule has 1 unspecified atom stereocenters. The van der Waals surface area contributed by atoms with E-state index in [2.05, 4.69) is 0 Å². The first-order chi connectivity index (χ1) is 5.08. The molecule has 0 saturated heterocycles. The van der Waals surface area contributed by atoms with Gasteiger partial charge >= 0.3 is 0 Å². The van der Waals surface area contributed by atoms with E-state index < -0.39 is 0 Å². The molecular formula is C9H14O2. The van der Waals surface area contributed by atoms with Crippen molar-refractivity contribution in [1.29, 1.82) is 0 Å². The number of hydrogen-bond acceptors (Lipinski definition) is 2. The SMILES string of the molecule is CCC1(C)CC(=O)CCC1=O. The molecule has 0 aromatic carbocycles. The van der Waals surface area contributed by atoms with Crippen LogP contribution >= 0.6 is 0 Å². The number of carbonyl (C=O) groups excluding carboxylic acids is 2. The van der Waals surface area contributed by atoms with Gasteiger partial charge < -0.3 is 0 Å². The normalized spacial score (nSPS) is 32.5. The molecule has 0 radical (unpaired) electrons. The Bertz CT molecular complexity index is 196. The van der Waals surface area contributed by atoms with Crippen LogP contribution in [0.4, 0.5) is 0 Å². The summed E-state index contributed by atoms with van der Waals surface area (Å²) >= 11 is 0. The summed E-state index contributed by atoms with van der Waals surface area (Å²) in [6, 6.07) is 0. The Labute approximate surface area is 67.0 Å². The molecule has 11 heavy (non-hydrogen) atoms. The molecule has 1 fully saturated rings. The van der Waals surface area contributed by atoms with Gasteiger partial charge in [-0.15, -0.1) is 0 Å². The maximum atomic E-state index is 11.3. The molecule has 1 aliphatic carbocycles. The first-order valence-corrected chi connectivity index (χ1v) is 4.13. The standard InChI is InChI=1S/C9H14O2/c1-3-9(2)6-7(10)4-5-8(9)11/h3-6H2,1-2H3. The van der Waals surface area contributed by atoms with Crippen LogP contribution in [0.3, 0.4) is 0 Å². The molecule has 1 saturated carbocycles. The minimum absolute atomic E-state index is 0.244. The van der Waals surface area contributed by atoms with Gasteiger partial charge in [0, 0.05) is 24.7 Å². The fourth-order valence-corrected chi connectivity index (χ4v) is 1.50. The van der Waals surface area contributed by atoms with Gasteiger partial charge in [0.15, 0.2) is 0 Å². The van der Waals surface area contributed by atoms with Crippen LogP contribution in [0.25, 0.3) is 0 Å². The molecule has 1 aliphatic rings. The summed E-state index contributed by atoms with van der Waals surface area (Å²) in [4.78, 5) is 22.4. The summed E-state index contributed by atoms with van der Waals surface area (Å²) in [6.07, 6.45) is 2.18. The molecule has 2 heteroatoms. The highest BCUT2D eigenvalue weighted by Gasteiger charge is 2.36. The van der Waals surface area contributed by atoms with Crippen molar-refractivity contribution in [3.63, 3.8) is 0 Å². The maximum absolute atomic E-state index is 11.3. The fourth-order valence-electron chi connectivity index (χ4n) is 1.50. The molecule has 0 N–H and O–H groups in total. The lowest BCUT2D eigenvalue weighted by atomic mass is 9.72. The van der Waals surface area contributed by atoms with E-state index >= 15 is 0 Å². The summed E-state index contributed by atoms with van der Waals surface area (Å²) < 4.78 is 0. The summed E-state index contributed by atoms with van der Waals surface area (Å²) in [5.41, 5.74) is -0.338. The third-order valence-electron chi connectivity index (χ3n) is 2.67. The summed E-state index contributed by atoms with van der Waals surface area (Å²) in [7, 11) is 0. The molecule has 1 rings (SSSR count). The van der Waals surface area contributed by atoms with Crippen LogP contribution in [-0.4, -0.2) is 11.6 Å². The Morgan fingerprint density at radius 2 is 2.00 bits per heavy atom. The van der Waals surface area contributed by atoms with Gasteiger partial charge in [0.05, 0.1) is 0 Å². The van der Waals surface area contributed by atoms with Crippen LogP contribution in [0.1, 0.15) is 39.5 Å². The summed E-state index contributed by atoms with van der Waals surface area (Å²) in [5, 5.41) is 0. The van der Waals surface area contributed by atoms with E-state index in [0.29, 0.717) is 19.3 Å².